The number of carbonyl (C=O) groups excluding carboxylic acids is 1. The fourth-order valence-electron chi connectivity index (χ4n) is 4.58. The number of likely N-dealkylation sites (tertiary alicyclic amines) is 2. The Bertz CT molecular complexity index is 505. The Balaban J connectivity index is 0.000000409. The molecule has 0 aromatic heterocycles. The van der Waals surface area contributed by atoms with Crippen molar-refractivity contribution >= 4 is 17.8 Å². The second-order valence-electron chi connectivity index (χ2n) is 8.70. The van der Waals surface area contributed by atoms with Gasteiger partial charge in [0.05, 0.1) is 0 Å². The Morgan fingerprint density at radius 1 is 0.786 bits per heavy atom. The monoisotopic (exact) mass is 396 g/mol. The van der Waals surface area contributed by atoms with Crippen molar-refractivity contribution in [2.45, 2.75) is 64.7 Å². The number of nitrogens with zero attached hydrogens (tertiary/aromatic N) is 2. The number of amides is 1. The minimum absolute atomic E-state index is 0.316. The smallest absolute Gasteiger partial charge is 0.414 e. The molecule has 0 radical (unpaired) electrons. The molecule has 2 N–H and O–H groups in total. The van der Waals surface area contributed by atoms with Gasteiger partial charge in [0.15, 0.2) is 0 Å². The number of piperidine rings is 2. The molecule has 0 aromatic carbocycles. The summed E-state index contributed by atoms with van der Waals surface area (Å²) >= 11 is 0. The van der Waals surface area contributed by atoms with Crippen LogP contribution in [0.5, 0.6) is 0 Å². The summed E-state index contributed by atoms with van der Waals surface area (Å²) in [5, 5.41) is 14.8. The standard InChI is InChI=1S/C19H34N2O.C2H2O4/c1-16-7-13-21(14-8-16)19(22)18-9-11-20(12-10-18)15-17-5-3-2-4-6-17;3-1(4)2(5)6/h16-18H,2-15H2,1H3;(H,3,4)(H,5,6). The Labute approximate surface area is 168 Å². The quantitative estimate of drug-likeness (QED) is 0.712. The minimum Gasteiger partial charge on any atom is -0.473 e. The van der Waals surface area contributed by atoms with Crippen LogP contribution in [0.2, 0.25) is 0 Å². The van der Waals surface area contributed by atoms with Crippen molar-refractivity contribution in [3.63, 3.8) is 0 Å². The van der Waals surface area contributed by atoms with Gasteiger partial charge < -0.3 is 20.0 Å². The van der Waals surface area contributed by atoms with Gasteiger partial charge in [0.2, 0.25) is 5.91 Å². The van der Waals surface area contributed by atoms with Crippen molar-refractivity contribution in [2.75, 3.05) is 32.7 Å². The fraction of sp³-hybridized carbons (Fsp3) is 0.857. The number of carboxylic acids is 2. The molecule has 0 aromatic rings. The van der Waals surface area contributed by atoms with Crippen molar-refractivity contribution < 1.29 is 24.6 Å². The molecule has 2 aliphatic heterocycles. The summed E-state index contributed by atoms with van der Waals surface area (Å²) in [4.78, 5) is 35.7. The van der Waals surface area contributed by atoms with E-state index in [4.69, 9.17) is 19.8 Å². The van der Waals surface area contributed by atoms with E-state index in [1.54, 1.807) is 0 Å². The van der Waals surface area contributed by atoms with E-state index in [0.717, 1.165) is 50.9 Å². The van der Waals surface area contributed by atoms with Gasteiger partial charge in [-0.05, 0) is 63.5 Å². The topological polar surface area (TPSA) is 98.2 Å². The Hall–Kier alpha value is -1.63. The summed E-state index contributed by atoms with van der Waals surface area (Å²) in [6.07, 6.45) is 11.8. The first kappa shape index (κ1) is 22.7. The molecule has 1 amide bonds. The molecule has 3 aliphatic rings. The van der Waals surface area contributed by atoms with E-state index in [-0.39, 0.29) is 0 Å². The van der Waals surface area contributed by atoms with E-state index in [1.165, 1.54) is 51.5 Å². The van der Waals surface area contributed by atoms with Crippen LogP contribution in [-0.2, 0) is 14.4 Å². The molecular weight excluding hydrogens is 360 g/mol. The summed E-state index contributed by atoms with van der Waals surface area (Å²) in [7, 11) is 0. The zero-order valence-corrected chi connectivity index (χ0v) is 17.1. The number of rotatable bonds is 3. The Morgan fingerprint density at radius 2 is 1.32 bits per heavy atom. The highest BCUT2D eigenvalue weighted by Crippen LogP contribution is 2.27. The van der Waals surface area contributed by atoms with Crippen molar-refractivity contribution in [1.29, 1.82) is 0 Å². The molecule has 3 fully saturated rings. The van der Waals surface area contributed by atoms with Crippen LogP contribution in [0, 0.1) is 17.8 Å². The second-order valence-corrected chi connectivity index (χ2v) is 8.70. The predicted molar refractivity (Wildman–Crippen MR) is 106 cm³/mol. The number of hydrogen-bond donors (Lipinski definition) is 2. The molecule has 0 unspecified atom stereocenters. The largest absolute Gasteiger partial charge is 0.473 e. The summed E-state index contributed by atoms with van der Waals surface area (Å²) in [6, 6.07) is 0. The number of hydrogen-bond acceptors (Lipinski definition) is 4. The normalized spacial score (nSPS) is 23.0. The molecule has 2 heterocycles. The number of aliphatic carboxylic acids is 2. The molecule has 3 rings (SSSR count). The molecule has 0 spiro atoms. The lowest BCUT2D eigenvalue weighted by atomic mass is 9.87. The van der Waals surface area contributed by atoms with Crippen molar-refractivity contribution in [1.82, 2.24) is 9.80 Å². The zero-order valence-electron chi connectivity index (χ0n) is 17.1. The highest BCUT2D eigenvalue weighted by atomic mass is 16.4. The summed E-state index contributed by atoms with van der Waals surface area (Å²) < 4.78 is 0. The van der Waals surface area contributed by atoms with E-state index < -0.39 is 11.9 Å². The van der Waals surface area contributed by atoms with Crippen LogP contribution in [0.25, 0.3) is 0 Å². The van der Waals surface area contributed by atoms with Gasteiger partial charge >= 0.3 is 11.9 Å². The van der Waals surface area contributed by atoms with Crippen LogP contribution in [0.1, 0.15) is 64.7 Å². The minimum atomic E-state index is -1.82. The van der Waals surface area contributed by atoms with Gasteiger partial charge in [0.25, 0.3) is 0 Å². The van der Waals surface area contributed by atoms with E-state index >= 15 is 0 Å². The van der Waals surface area contributed by atoms with Crippen LogP contribution in [0.15, 0.2) is 0 Å². The molecule has 28 heavy (non-hydrogen) atoms. The summed E-state index contributed by atoms with van der Waals surface area (Å²) in [5.41, 5.74) is 0. The third-order valence-electron chi connectivity index (χ3n) is 6.46. The van der Waals surface area contributed by atoms with Gasteiger partial charge in [-0.15, -0.1) is 0 Å². The third-order valence-corrected chi connectivity index (χ3v) is 6.46. The molecule has 0 bridgehead atoms. The van der Waals surface area contributed by atoms with Crippen molar-refractivity contribution in [2.24, 2.45) is 17.8 Å². The van der Waals surface area contributed by atoms with Gasteiger partial charge in [-0.2, -0.15) is 0 Å². The second kappa shape index (κ2) is 11.4. The van der Waals surface area contributed by atoms with Crippen molar-refractivity contribution in [3.8, 4) is 0 Å². The lowest BCUT2D eigenvalue weighted by Gasteiger charge is -2.38. The first-order valence-corrected chi connectivity index (χ1v) is 10.8. The molecule has 1 aliphatic carbocycles. The molecule has 7 heteroatoms. The molecule has 0 atom stereocenters. The molecular formula is C21H36N2O5. The van der Waals surface area contributed by atoms with Crippen molar-refractivity contribution in [3.05, 3.63) is 0 Å². The highest BCUT2D eigenvalue weighted by molar-refractivity contribution is 6.27. The van der Waals surface area contributed by atoms with Crippen LogP contribution >= 0.6 is 0 Å². The third kappa shape index (κ3) is 7.41. The Morgan fingerprint density at radius 3 is 1.82 bits per heavy atom. The highest BCUT2D eigenvalue weighted by Gasteiger charge is 2.30. The maximum atomic E-state index is 12.7. The SMILES string of the molecule is CC1CCN(C(=O)C2CCN(CC3CCCCC3)CC2)CC1.O=C(O)C(=O)O. The first-order valence-electron chi connectivity index (χ1n) is 10.8. The van der Waals surface area contributed by atoms with Crippen LogP contribution in [-0.4, -0.2) is 70.6 Å². The number of carboxylic acid groups (broad SMARTS) is 2. The molecule has 1 saturated carbocycles. The Kier molecular flexibility index (Phi) is 9.22. The van der Waals surface area contributed by atoms with E-state index in [2.05, 4.69) is 16.7 Å². The van der Waals surface area contributed by atoms with Crippen LogP contribution in [0.3, 0.4) is 0 Å². The average Bonchev–Trinajstić information content (AvgIpc) is 2.70. The maximum absolute atomic E-state index is 12.7. The predicted octanol–water partition coefficient (Wildman–Crippen LogP) is 2.69. The summed E-state index contributed by atoms with van der Waals surface area (Å²) in [5.74, 6) is -1.13. The first-order chi connectivity index (χ1) is 13.4. The number of carbonyl (C=O) groups is 3. The van der Waals surface area contributed by atoms with Gasteiger partial charge in [-0.1, -0.05) is 26.2 Å². The molecule has 7 nitrogen and oxygen atoms in total. The van der Waals surface area contributed by atoms with Gasteiger partial charge in [0.1, 0.15) is 0 Å². The maximum Gasteiger partial charge on any atom is 0.414 e. The van der Waals surface area contributed by atoms with E-state index in [1.807, 2.05) is 0 Å². The van der Waals surface area contributed by atoms with Gasteiger partial charge in [-0.3, -0.25) is 4.79 Å². The van der Waals surface area contributed by atoms with E-state index in [9.17, 15) is 4.79 Å². The summed E-state index contributed by atoms with van der Waals surface area (Å²) in [6.45, 7) is 7.91. The van der Waals surface area contributed by atoms with Crippen LogP contribution < -0.4 is 0 Å². The van der Waals surface area contributed by atoms with E-state index in [0.29, 0.717) is 11.8 Å². The lowest BCUT2D eigenvalue weighted by Crippen LogP contribution is -2.46. The van der Waals surface area contributed by atoms with Crippen LogP contribution in [0.4, 0.5) is 0 Å². The zero-order chi connectivity index (χ0) is 20.5. The van der Waals surface area contributed by atoms with Gasteiger partial charge in [0, 0.05) is 25.6 Å². The average molecular weight is 397 g/mol. The lowest BCUT2D eigenvalue weighted by molar-refractivity contribution is -0.159. The fourth-order valence-corrected chi connectivity index (χ4v) is 4.58. The molecule has 2 saturated heterocycles. The molecule has 160 valence electrons. The van der Waals surface area contributed by atoms with Gasteiger partial charge in [-0.25, -0.2) is 9.59 Å².